The fourth-order valence-corrected chi connectivity index (χ4v) is 4.71. The summed E-state index contributed by atoms with van der Waals surface area (Å²) in [5.41, 5.74) is 0.527. The van der Waals surface area contributed by atoms with Crippen LogP contribution in [0, 0.1) is 6.92 Å². The van der Waals surface area contributed by atoms with Gasteiger partial charge in [0.2, 0.25) is 0 Å². The van der Waals surface area contributed by atoms with Gasteiger partial charge in [0.25, 0.3) is 15.0 Å². The maximum Gasteiger partial charge on any atom is 0.271 e. The van der Waals surface area contributed by atoms with Gasteiger partial charge in [-0.05, 0) is 18.9 Å². The summed E-state index contributed by atoms with van der Waals surface area (Å²) in [6.07, 6.45) is 1.42. The molecule has 0 saturated heterocycles. The molecule has 6 nitrogen and oxygen atoms in total. The van der Waals surface area contributed by atoms with Crippen molar-refractivity contribution >= 4 is 46.8 Å². The first-order valence-corrected chi connectivity index (χ1v) is 10.8. The van der Waals surface area contributed by atoms with Crippen molar-refractivity contribution in [2.75, 3.05) is 18.6 Å². The third-order valence-corrected chi connectivity index (χ3v) is 6.78. The zero-order chi connectivity index (χ0) is 15.6. The summed E-state index contributed by atoms with van der Waals surface area (Å²) >= 11 is 0.878. The first-order chi connectivity index (χ1) is 9.02. The quantitative estimate of drug-likeness (QED) is 0.607. The Morgan fingerprint density at radius 2 is 1.95 bits per heavy atom. The molecule has 1 rings (SSSR count). The molecular weight excluding hydrogens is 346 g/mol. The number of rotatable bonds is 6. The zero-order valence-corrected chi connectivity index (χ0v) is 14.0. The van der Waals surface area contributed by atoms with E-state index < -0.39 is 24.8 Å². The number of thiophene rings is 1. The van der Waals surface area contributed by atoms with Crippen molar-refractivity contribution in [3.8, 4) is 0 Å². The van der Waals surface area contributed by atoms with E-state index in [4.69, 9.17) is 10.7 Å². The van der Waals surface area contributed by atoms with Crippen molar-refractivity contribution in [3.63, 3.8) is 0 Å². The van der Waals surface area contributed by atoms with Crippen LogP contribution in [0.4, 0.5) is 0 Å². The van der Waals surface area contributed by atoms with Gasteiger partial charge in [-0.15, -0.1) is 11.3 Å². The van der Waals surface area contributed by atoms with Gasteiger partial charge in [-0.2, -0.15) is 0 Å². The molecule has 0 spiro atoms. The van der Waals surface area contributed by atoms with E-state index in [-0.39, 0.29) is 22.1 Å². The molecule has 0 bridgehead atoms. The Hall–Kier alpha value is -0.640. The molecule has 0 radical (unpaired) electrons. The fourth-order valence-electron chi connectivity index (χ4n) is 1.49. The van der Waals surface area contributed by atoms with Crippen molar-refractivity contribution < 1.29 is 21.6 Å². The number of carbonyl (C=O) groups excluding carboxylic acids is 1. The van der Waals surface area contributed by atoms with Crippen LogP contribution >= 0.6 is 22.0 Å². The predicted octanol–water partition coefficient (Wildman–Crippen LogP) is 1.15. The third kappa shape index (κ3) is 5.04. The van der Waals surface area contributed by atoms with E-state index in [0.717, 1.165) is 17.6 Å². The molecule has 1 heterocycles. The minimum Gasteiger partial charge on any atom is -0.352 e. The summed E-state index contributed by atoms with van der Waals surface area (Å²) in [7, 11) is -1.67. The van der Waals surface area contributed by atoms with Gasteiger partial charge < -0.3 is 5.32 Å². The van der Waals surface area contributed by atoms with Crippen molar-refractivity contribution in [1.29, 1.82) is 0 Å². The summed E-state index contributed by atoms with van der Waals surface area (Å²) in [5, 5.41) is 3.96. The molecule has 1 N–H and O–H groups in total. The average molecular weight is 360 g/mol. The minimum atomic E-state index is -3.86. The highest BCUT2D eigenvalue weighted by molar-refractivity contribution is 8.15. The van der Waals surface area contributed by atoms with E-state index in [1.165, 1.54) is 12.3 Å². The van der Waals surface area contributed by atoms with Gasteiger partial charge in [-0.25, -0.2) is 16.8 Å². The largest absolute Gasteiger partial charge is 0.352 e. The van der Waals surface area contributed by atoms with Gasteiger partial charge in [0.15, 0.2) is 0 Å². The lowest BCUT2D eigenvalue weighted by atomic mass is 10.2. The number of halogens is 1. The number of nitrogens with one attached hydrogen (secondary N) is 1. The molecule has 0 unspecified atom stereocenters. The van der Waals surface area contributed by atoms with Crippen LogP contribution in [0.15, 0.2) is 9.59 Å². The van der Waals surface area contributed by atoms with Crippen molar-refractivity contribution in [3.05, 3.63) is 16.5 Å². The third-order valence-electron chi connectivity index (χ3n) is 2.44. The van der Waals surface area contributed by atoms with E-state index in [1.54, 1.807) is 0 Å². The minimum absolute atomic E-state index is 0.0167. The topological polar surface area (TPSA) is 97.4 Å². The molecule has 0 aliphatic carbocycles. The molecule has 0 fully saturated rings. The van der Waals surface area contributed by atoms with E-state index in [9.17, 15) is 21.6 Å². The van der Waals surface area contributed by atoms with Gasteiger partial charge in [-0.1, -0.05) is 0 Å². The maximum absolute atomic E-state index is 11.8. The van der Waals surface area contributed by atoms with Crippen LogP contribution in [0.3, 0.4) is 0 Å². The van der Waals surface area contributed by atoms with Gasteiger partial charge >= 0.3 is 0 Å². The van der Waals surface area contributed by atoms with Crippen molar-refractivity contribution in [2.24, 2.45) is 0 Å². The second-order valence-electron chi connectivity index (χ2n) is 4.24. The molecule has 0 aliphatic heterocycles. The molecule has 1 aromatic rings. The van der Waals surface area contributed by atoms with Gasteiger partial charge in [0.1, 0.15) is 14.0 Å². The molecule has 1 aromatic heterocycles. The monoisotopic (exact) mass is 359 g/mol. The standard InChI is InChI=1S/C10H14ClNO5S3/c1-7-8(6-18-10(7)20(11,16)17)9(13)12-4-3-5-19(2,14)15/h6H,3-5H2,1-2H3,(H,12,13). The van der Waals surface area contributed by atoms with E-state index >= 15 is 0 Å². The number of amides is 1. The number of sulfone groups is 1. The fraction of sp³-hybridized carbons (Fsp3) is 0.500. The van der Waals surface area contributed by atoms with E-state index in [1.807, 2.05) is 0 Å². The van der Waals surface area contributed by atoms with Crippen LogP contribution in [0.1, 0.15) is 22.3 Å². The summed E-state index contributed by atoms with van der Waals surface area (Å²) in [6.45, 7) is 1.70. The Balaban J connectivity index is 2.68. The predicted molar refractivity (Wildman–Crippen MR) is 78.8 cm³/mol. The Morgan fingerprint density at radius 1 is 1.35 bits per heavy atom. The molecule has 0 aromatic carbocycles. The van der Waals surface area contributed by atoms with Crippen LogP contribution in [0.5, 0.6) is 0 Å². The number of hydrogen-bond acceptors (Lipinski definition) is 6. The summed E-state index contributed by atoms with van der Waals surface area (Å²) < 4.78 is 44.3. The highest BCUT2D eigenvalue weighted by Crippen LogP contribution is 2.29. The smallest absolute Gasteiger partial charge is 0.271 e. The van der Waals surface area contributed by atoms with Crippen LogP contribution in [0.2, 0.25) is 0 Å². The molecule has 0 atom stereocenters. The molecule has 0 saturated carbocycles. The van der Waals surface area contributed by atoms with Crippen LogP contribution in [0.25, 0.3) is 0 Å². The van der Waals surface area contributed by atoms with Gasteiger partial charge in [0.05, 0.1) is 11.3 Å². The zero-order valence-electron chi connectivity index (χ0n) is 10.8. The normalized spacial score (nSPS) is 12.3. The molecule has 114 valence electrons. The van der Waals surface area contributed by atoms with Crippen LogP contribution in [-0.4, -0.2) is 41.3 Å². The lowest BCUT2D eigenvalue weighted by Crippen LogP contribution is -2.26. The molecule has 1 amide bonds. The van der Waals surface area contributed by atoms with Crippen molar-refractivity contribution in [2.45, 2.75) is 17.6 Å². The second kappa shape index (κ2) is 6.42. The summed E-state index contributed by atoms with van der Waals surface area (Å²) in [4.78, 5) is 11.8. The Morgan fingerprint density at radius 3 is 2.40 bits per heavy atom. The van der Waals surface area contributed by atoms with Crippen LogP contribution in [-0.2, 0) is 18.9 Å². The molecular formula is C10H14ClNO5S3. The van der Waals surface area contributed by atoms with Gasteiger partial charge in [0, 0.05) is 28.9 Å². The van der Waals surface area contributed by atoms with E-state index in [0.29, 0.717) is 12.0 Å². The first kappa shape index (κ1) is 17.4. The Bertz CT molecular complexity index is 705. The summed E-state index contributed by atoms with van der Waals surface area (Å²) in [5.74, 6) is -0.462. The van der Waals surface area contributed by atoms with Crippen molar-refractivity contribution in [1.82, 2.24) is 5.32 Å². The first-order valence-electron chi connectivity index (χ1n) is 5.51. The lowest BCUT2D eigenvalue weighted by molar-refractivity contribution is 0.0953. The highest BCUT2D eigenvalue weighted by Gasteiger charge is 2.21. The second-order valence-corrected chi connectivity index (χ2v) is 10.1. The number of hydrogen-bond donors (Lipinski definition) is 1. The maximum atomic E-state index is 11.8. The van der Waals surface area contributed by atoms with Gasteiger partial charge in [-0.3, -0.25) is 4.79 Å². The highest BCUT2D eigenvalue weighted by atomic mass is 35.7. The molecule has 10 heteroatoms. The molecule has 20 heavy (non-hydrogen) atoms. The van der Waals surface area contributed by atoms with Crippen LogP contribution < -0.4 is 5.32 Å². The summed E-state index contributed by atoms with van der Waals surface area (Å²) in [6, 6.07) is 0. The Labute approximate surface area is 126 Å². The molecule has 0 aliphatic rings. The number of carbonyl (C=O) groups is 1. The SMILES string of the molecule is Cc1c(C(=O)NCCCS(C)(=O)=O)csc1S(=O)(=O)Cl. The van der Waals surface area contributed by atoms with E-state index in [2.05, 4.69) is 5.32 Å². The lowest BCUT2D eigenvalue weighted by Gasteiger charge is -2.04. The average Bonchev–Trinajstić information content (AvgIpc) is 2.64. The Kier molecular flexibility index (Phi) is 5.59.